The molecule has 35 heavy (non-hydrogen) atoms. The highest BCUT2D eigenvalue weighted by Crippen LogP contribution is 2.30. The average Bonchev–Trinajstić information content (AvgIpc) is 2.77. The quantitative estimate of drug-likeness (QED) is 0.405. The molecule has 0 aromatic heterocycles. The van der Waals surface area contributed by atoms with Crippen LogP contribution in [-0.2, 0) is 32.8 Å². The summed E-state index contributed by atoms with van der Waals surface area (Å²) in [4.78, 5) is 10.6. The van der Waals surface area contributed by atoms with Crippen LogP contribution in [0.25, 0.3) is 0 Å². The van der Waals surface area contributed by atoms with Crippen molar-refractivity contribution in [3.63, 3.8) is 0 Å². The maximum Gasteiger partial charge on any atom is 0.416 e. The van der Waals surface area contributed by atoms with Gasteiger partial charge in [-0.1, -0.05) is 29.8 Å². The van der Waals surface area contributed by atoms with Gasteiger partial charge < -0.3 is 5.11 Å². The van der Waals surface area contributed by atoms with Crippen LogP contribution in [0.4, 0.5) is 18.9 Å². The van der Waals surface area contributed by atoms with E-state index in [4.69, 9.17) is 0 Å². The number of rotatable bonds is 8. The van der Waals surface area contributed by atoms with Gasteiger partial charge in [0.05, 0.1) is 26.6 Å². The molecular formula is C22H19F3N2O6S2. The fourth-order valence-corrected chi connectivity index (χ4v) is 5.12. The topological polar surface area (TPSA) is 130 Å². The Hall–Kier alpha value is -3.42. The van der Waals surface area contributed by atoms with Crippen LogP contribution in [0.1, 0.15) is 27.0 Å². The van der Waals surface area contributed by atoms with Gasteiger partial charge in [-0.2, -0.15) is 13.2 Å². The van der Waals surface area contributed by atoms with E-state index in [0.717, 1.165) is 35.9 Å². The van der Waals surface area contributed by atoms with E-state index in [1.807, 2.05) is 0 Å². The van der Waals surface area contributed by atoms with Crippen molar-refractivity contribution >= 4 is 31.7 Å². The van der Waals surface area contributed by atoms with Crippen molar-refractivity contribution in [2.24, 2.45) is 0 Å². The number of nitrogens with one attached hydrogen (secondary N) is 2. The third-order valence-corrected chi connectivity index (χ3v) is 7.64. The molecule has 0 fully saturated rings. The normalized spacial score (nSPS) is 12.3. The molecule has 0 aliphatic heterocycles. The van der Waals surface area contributed by atoms with Crippen LogP contribution in [0.15, 0.2) is 76.5 Å². The van der Waals surface area contributed by atoms with Crippen LogP contribution >= 0.6 is 0 Å². The summed E-state index contributed by atoms with van der Waals surface area (Å²) in [5, 5.41) is 9.26. The minimum absolute atomic E-state index is 0.0428. The predicted octanol–water partition coefficient (Wildman–Crippen LogP) is 3.99. The van der Waals surface area contributed by atoms with Gasteiger partial charge in [-0.25, -0.2) is 26.4 Å². The van der Waals surface area contributed by atoms with Gasteiger partial charge in [0.2, 0.25) is 10.0 Å². The van der Waals surface area contributed by atoms with Crippen LogP contribution in [0.5, 0.6) is 0 Å². The van der Waals surface area contributed by atoms with Gasteiger partial charge in [-0.05, 0) is 55.0 Å². The lowest BCUT2D eigenvalue weighted by molar-refractivity contribution is -0.137. The van der Waals surface area contributed by atoms with Gasteiger partial charge in [-0.3, -0.25) is 4.72 Å². The number of hydrogen-bond acceptors (Lipinski definition) is 5. The highest BCUT2D eigenvalue weighted by Gasteiger charge is 2.31. The number of aromatic carboxylic acids is 1. The largest absolute Gasteiger partial charge is 0.478 e. The van der Waals surface area contributed by atoms with Crippen molar-refractivity contribution in [3.8, 4) is 0 Å². The summed E-state index contributed by atoms with van der Waals surface area (Å²) in [5.74, 6) is -1.35. The zero-order valence-corrected chi connectivity index (χ0v) is 19.6. The Kier molecular flexibility index (Phi) is 7.24. The first kappa shape index (κ1) is 26.2. The lowest BCUT2D eigenvalue weighted by Gasteiger charge is -2.15. The number of carboxylic acids is 1. The Morgan fingerprint density at radius 1 is 0.886 bits per heavy atom. The smallest absolute Gasteiger partial charge is 0.416 e. The SMILES string of the molecule is Cc1ccc(S(=O)(=O)Nc2cc(C(=O)O)ccc2CNS(=O)(=O)c2cccc(C(F)(F)F)c2)cc1. The Morgan fingerprint density at radius 3 is 2.14 bits per heavy atom. The molecule has 3 aromatic carbocycles. The van der Waals surface area contributed by atoms with Crippen LogP contribution in [0, 0.1) is 6.92 Å². The summed E-state index contributed by atoms with van der Waals surface area (Å²) in [6.45, 7) is 1.22. The van der Waals surface area contributed by atoms with Crippen molar-refractivity contribution < 1.29 is 39.9 Å². The van der Waals surface area contributed by atoms with Gasteiger partial charge in [0.1, 0.15) is 0 Å². The van der Waals surface area contributed by atoms with Crippen LogP contribution in [0.2, 0.25) is 0 Å². The predicted molar refractivity (Wildman–Crippen MR) is 121 cm³/mol. The molecule has 3 rings (SSSR count). The van der Waals surface area contributed by atoms with E-state index in [-0.39, 0.29) is 21.7 Å². The molecular weight excluding hydrogens is 509 g/mol. The van der Waals surface area contributed by atoms with Gasteiger partial charge in [-0.15, -0.1) is 0 Å². The number of carboxylic acid groups (broad SMARTS) is 1. The second-order valence-electron chi connectivity index (χ2n) is 7.45. The molecule has 8 nitrogen and oxygen atoms in total. The minimum atomic E-state index is -4.75. The lowest BCUT2D eigenvalue weighted by atomic mass is 10.1. The van der Waals surface area contributed by atoms with Crippen molar-refractivity contribution in [3.05, 3.63) is 89.0 Å². The Morgan fingerprint density at radius 2 is 1.54 bits per heavy atom. The monoisotopic (exact) mass is 528 g/mol. The third-order valence-electron chi connectivity index (χ3n) is 4.86. The van der Waals surface area contributed by atoms with Crippen molar-refractivity contribution in [2.45, 2.75) is 29.4 Å². The van der Waals surface area contributed by atoms with Crippen LogP contribution in [-0.4, -0.2) is 27.9 Å². The molecule has 0 aliphatic carbocycles. The maximum absolute atomic E-state index is 13.0. The number of benzene rings is 3. The standard InChI is InChI=1S/C22H19F3N2O6S2/c1-14-5-9-18(10-6-14)35(32,33)27-20-11-15(21(28)29)7-8-16(20)13-26-34(30,31)19-4-2-3-17(12-19)22(23,24)25/h2-12,26-27H,13H2,1H3,(H,28,29). The highest BCUT2D eigenvalue weighted by atomic mass is 32.2. The Labute approximate surface area is 199 Å². The summed E-state index contributed by atoms with van der Waals surface area (Å²) >= 11 is 0. The molecule has 0 saturated carbocycles. The molecule has 0 amide bonds. The van der Waals surface area contributed by atoms with E-state index >= 15 is 0 Å². The number of carbonyl (C=O) groups is 1. The number of alkyl halides is 3. The second-order valence-corrected chi connectivity index (χ2v) is 10.9. The number of sulfonamides is 2. The lowest BCUT2D eigenvalue weighted by Crippen LogP contribution is -2.25. The number of halogens is 3. The van der Waals surface area contributed by atoms with Gasteiger partial charge in [0.25, 0.3) is 10.0 Å². The average molecular weight is 529 g/mol. The van der Waals surface area contributed by atoms with Crippen molar-refractivity contribution in [1.29, 1.82) is 0 Å². The molecule has 0 spiro atoms. The number of anilines is 1. The van der Waals surface area contributed by atoms with E-state index in [9.17, 15) is 39.9 Å². The Balaban J connectivity index is 1.92. The number of aryl methyl sites for hydroxylation is 1. The highest BCUT2D eigenvalue weighted by molar-refractivity contribution is 7.92. The van der Waals surface area contributed by atoms with Crippen molar-refractivity contribution in [2.75, 3.05) is 4.72 Å². The van der Waals surface area contributed by atoms with Crippen LogP contribution in [0.3, 0.4) is 0 Å². The van der Waals surface area contributed by atoms with Gasteiger partial charge in [0, 0.05) is 6.54 Å². The first-order valence-electron chi connectivity index (χ1n) is 9.82. The zero-order valence-electron chi connectivity index (χ0n) is 18.0. The van der Waals surface area contributed by atoms with Gasteiger partial charge in [0.15, 0.2) is 0 Å². The molecule has 186 valence electrons. The number of hydrogen-bond donors (Lipinski definition) is 3. The molecule has 3 aromatic rings. The molecule has 3 N–H and O–H groups in total. The molecule has 0 radical (unpaired) electrons. The summed E-state index contributed by atoms with van der Waals surface area (Å²) in [7, 11) is -8.60. The molecule has 0 saturated heterocycles. The van der Waals surface area contributed by atoms with E-state index in [2.05, 4.69) is 9.44 Å². The van der Waals surface area contributed by atoms with E-state index in [0.29, 0.717) is 6.07 Å². The molecule has 0 unspecified atom stereocenters. The molecule has 0 atom stereocenters. The fraction of sp³-hybridized carbons (Fsp3) is 0.136. The molecule has 13 heteroatoms. The third kappa shape index (κ3) is 6.38. The molecule has 0 heterocycles. The Bertz CT molecular complexity index is 1470. The minimum Gasteiger partial charge on any atom is -0.478 e. The van der Waals surface area contributed by atoms with Crippen LogP contribution < -0.4 is 9.44 Å². The second kappa shape index (κ2) is 9.68. The summed E-state index contributed by atoms with van der Waals surface area (Å²) < 4.78 is 94.0. The maximum atomic E-state index is 13.0. The summed E-state index contributed by atoms with van der Waals surface area (Å²) in [6.07, 6.45) is -4.75. The van der Waals surface area contributed by atoms with E-state index < -0.39 is 49.2 Å². The first-order chi connectivity index (χ1) is 16.2. The zero-order chi connectivity index (χ0) is 26.0. The van der Waals surface area contributed by atoms with Crippen molar-refractivity contribution in [1.82, 2.24) is 4.72 Å². The first-order valence-corrected chi connectivity index (χ1v) is 12.8. The van der Waals surface area contributed by atoms with E-state index in [1.165, 1.54) is 18.2 Å². The summed E-state index contributed by atoms with van der Waals surface area (Å²) in [6, 6.07) is 12.3. The fourth-order valence-electron chi connectivity index (χ4n) is 2.98. The molecule has 0 aliphatic rings. The summed E-state index contributed by atoms with van der Waals surface area (Å²) in [5.41, 5.74) is -0.784. The van der Waals surface area contributed by atoms with E-state index in [1.54, 1.807) is 19.1 Å². The molecule has 0 bridgehead atoms. The van der Waals surface area contributed by atoms with Gasteiger partial charge >= 0.3 is 12.1 Å².